The van der Waals surface area contributed by atoms with E-state index < -0.39 is 0 Å². The average Bonchev–Trinajstić information content (AvgIpc) is 2.69. The van der Waals surface area contributed by atoms with Crippen molar-refractivity contribution in [3.63, 3.8) is 0 Å². The molecule has 0 aliphatic heterocycles. The van der Waals surface area contributed by atoms with Crippen LogP contribution < -0.4 is 5.56 Å². The molecule has 0 fully saturated rings. The van der Waals surface area contributed by atoms with Crippen molar-refractivity contribution < 1.29 is 4.79 Å². The summed E-state index contributed by atoms with van der Waals surface area (Å²) in [6, 6.07) is 23.9. The molecule has 0 N–H and O–H groups in total. The van der Waals surface area contributed by atoms with Gasteiger partial charge in [0.05, 0.1) is 16.8 Å². The number of nitrogens with zero attached hydrogens (tertiary/aromatic N) is 2. The van der Waals surface area contributed by atoms with Crippen LogP contribution in [0.15, 0.2) is 83.7 Å². The van der Waals surface area contributed by atoms with Gasteiger partial charge >= 0.3 is 0 Å². The maximum absolute atomic E-state index is 12.9. The van der Waals surface area contributed by atoms with Crippen molar-refractivity contribution in [1.82, 2.24) is 9.78 Å². The van der Waals surface area contributed by atoms with Crippen LogP contribution in [0.2, 0.25) is 0 Å². The van der Waals surface area contributed by atoms with Crippen LogP contribution in [0.5, 0.6) is 0 Å². The van der Waals surface area contributed by atoms with E-state index in [4.69, 9.17) is 0 Å². The van der Waals surface area contributed by atoms with Gasteiger partial charge in [-0.1, -0.05) is 54.6 Å². The fourth-order valence-electron chi connectivity index (χ4n) is 2.91. The van der Waals surface area contributed by atoms with E-state index in [-0.39, 0.29) is 5.56 Å². The first-order valence-electron chi connectivity index (χ1n) is 7.91. The van der Waals surface area contributed by atoms with E-state index in [1.807, 2.05) is 60.7 Å². The molecule has 1 heterocycles. The number of benzene rings is 3. The molecule has 0 saturated carbocycles. The van der Waals surface area contributed by atoms with Crippen LogP contribution in [0, 0.1) is 0 Å². The van der Waals surface area contributed by atoms with Crippen LogP contribution in [-0.4, -0.2) is 16.1 Å². The molecule has 0 unspecified atom stereocenters. The molecule has 120 valence electrons. The van der Waals surface area contributed by atoms with Gasteiger partial charge in [-0.15, -0.1) is 0 Å². The molecule has 4 aromatic rings. The maximum Gasteiger partial charge on any atom is 0.279 e. The number of hydrogen-bond acceptors (Lipinski definition) is 3. The summed E-state index contributed by atoms with van der Waals surface area (Å²) in [7, 11) is 0. The van der Waals surface area contributed by atoms with E-state index in [0.29, 0.717) is 22.3 Å². The van der Waals surface area contributed by atoms with Crippen LogP contribution in [-0.2, 0) is 0 Å². The first-order valence-corrected chi connectivity index (χ1v) is 7.91. The Kier molecular flexibility index (Phi) is 3.71. The predicted molar refractivity (Wildman–Crippen MR) is 98.2 cm³/mol. The zero-order chi connectivity index (χ0) is 17.2. The fourth-order valence-corrected chi connectivity index (χ4v) is 2.91. The third kappa shape index (κ3) is 2.64. The topological polar surface area (TPSA) is 52.0 Å². The van der Waals surface area contributed by atoms with E-state index in [1.165, 1.54) is 4.68 Å². The molecule has 4 nitrogen and oxygen atoms in total. The average molecular weight is 326 g/mol. The molecule has 0 saturated heterocycles. The van der Waals surface area contributed by atoms with E-state index in [2.05, 4.69) is 5.10 Å². The molecule has 4 heteroatoms. The molecule has 0 radical (unpaired) electrons. The third-order valence-electron chi connectivity index (χ3n) is 4.10. The summed E-state index contributed by atoms with van der Waals surface area (Å²) in [5.74, 6) is 0. The van der Waals surface area contributed by atoms with Gasteiger partial charge < -0.3 is 0 Å². The van der Waals surface area contributed by atoms with Gasteiger partial charge in [0.1, 0.15) is 6.29 Å². The second-order valence-corrected chi connectivity index (χ2v) is 5.69. The van der Waals surface area contributed by atoms with Crippen molar-refractivity contribution in [3.05, 3.63) is 94.8 Å². The lowest BCUT2D eigenvalue weighted by molar-refractivity contribution is 0.112. The van der Waals surface area contributed by atoms with Crippen molar-refractivity contribution in [2.45, 2.75) is 0 Å². The Morgan fingerprint density at radius 1 is 0.800 bits per heavy atom. The second-order valence-electron chi connectivity index (χ2n) is 5.69. The minimum Gasteiger partial charge on any atom is -0.298 e. The van der Waals surface area contributed by atoms with Gasteiger partial charge in [-0.3, -0.25) is 9.59 Å². The standard InChI is InChI=1S/C21H14N2O2/c24-14-15-7-6-8-16(13-15)20-18-11-4-5-12-19(18)21(25)23(22-20)17-9-2-1-3-10-17/h1-14H. The van der Waals surface area contributed by atoms with Gasteiger partial charge in [0.15, 0.2) is 0 Å². The number of hydrogen-bond donors (Lipinski definition) is 0. The van der Waals surface area contributed by atoms with Gasteiger partial charge in [-0.25, -0.2) is 0 Å². The molecular formula is C21H14N2O2. The van der Waals surface area contributed by atoms with E-state index in [0.717, 1.165) is 17.2 Å². The van der Waals surface area contributed by atoms with Gasteiger partial charge in [-0.2, -0.15) is 9.78 Å². The number of fused-ring (bicyclic) bond motifs is 1. The molecule has 4 rings (SSSR count). The molecule has 1 aromatic heterocycles. The van der Waals surface area contributed by atoms with Crippen molar-refractivity contribution in [3.8, 4) is 16.9 Å². The molecule has 25 heavy (non-hydrogen) atoms. The number of para-hydroxylation sites is 1. The molecule has 0 amide bonds. The highest BCUT2D eigenvalue weighted by Crippen LogP contribution is 2.25. The van der Waals surface area contributed by atoms with E-state index >= 15 is 0 Å². The number of aromatic nitrogens is 2. The highest BCUT2D eigenvalue weighted by molar-refractivity contribution is 5.94. The quantitative estimate of drug-likeness (QED) is 0.537. The summed E-state index contributed by atoms with van der Waals surface area (Å²) in [5, 5.41) is 5.96. The van der Waals surface area contributed by atoms with Gasteiger partial charge in [0.2, 0.25) is 0 Å². The van der Waals surface area contributed by atoms with Crippen LogP contribution in [0.4, 0.5) is 0 Å². The van der Waals surface area contributed by atoms with E-state index in [9.17, 15) is 9.59 Å². The number of carbonyl (C=O) groups excluding carboxylic acids is 1. The maximum atomic E-state index is 12.9. The van der Waals surface area contributed by atoms with Crippen LogP contribution >= 0.6 is 0 Å². The predicted octanol–water partition coefficient (Wildman–Crippen LogP) is 3.87. The van der Waals surface area contributed by atoms with Crippen molar-refractivity contribution in [2.75, 3.05) is 0 Å². The van der Waals surface area contributed by atoms with Crippen LogP contribution in [0.25, 0.3) is 27.7 Å². The smallest absolute Gasteiger partial charge is 0.279 e. The number of aldehydes is 1. The highest BCUT2D eigenvalue weighted by atomic mass is 16.1. The molecular weight excluding hydrogens is 312 g/mol. The van der Waals surface area contributed by atoms with Gasteiger partial charge in [0.25, 0.3) is 5.56 Å². The molecule has 3 aromatic carbocycles. The summed E-state index contributed by atoms with van der Waals surface area (Å²) >= 11 is 0. The number of rotatable bonds is 3. The molecule has 0 bridgehead atoms. The lowest BCUT2D eigenvalue weighted by Gasteiger charge is -2.11. The lowest BCUT2D eigenvalue weighted by Crippen LogP contribution is -2.22. The van der Waals surface area contributed by atoms with E-state index in [1.54, 1.807) is 18.2 Å². The Bertz CT molecular complexity index is 1130. The third-order valence-corrected chi connectivity index (χ3v) is 4.10. The Morgan fingerprint density at radius 2 is 1.52 bits per heavy atom. The minimum absolute atomic E-state index is 0.169. The van der Waals surface area contributed by atoms with Gasteiger partial charge in [-0.05, 0) is 24.3 Å². The molecule has 0 aliphatic carbocycles. The zero-order valence-electron chi connectivity index (χ0n) is 13.3. The zero-order valence-corrected chi connectivity index (χ0v) is 13.3. The largest absolute Gasteiger partial charge is 0.298 e. The summed E-state index contributed by atoms with van der Waals surface area (Å²) in [6.07, 6.45) is 0.804. The molecule has 0 spiro atoms. The summed E-state index contributed by atoms with van der Waals surface area (Å²) in [5.41, 5.74) is 2.57. The first-order chi connectivity index (χ1) is 12.3. The Labute approximate surface area is 144 Å². The van der Waals surface area contributed by atoms with Crippen LogP contribution in [0.3, 0.4) is 0 Å². The monoisotopic (exact) mass is 326 g/mol. The Balaban J connectivity index is 2.08. The van der Waals surface area contributed by atoms with Gasteiger partial charge in [0, 0.05) is 16.5 Å². The lowest BCUT2D eigenvalue weighted by atomic mass is 10.0. The molecule has 0 aliphatic rings. The normalized spacial score (nSPS) is 10.7. The Morgan fingerprint density at radius 3 is 2.28 bits per heavy atom. The number of carbonyl (C=O) groups is 1. The first kappa shape index (κ1) is 15.0. The second kappa shape index (κ2) is 6.17. The van der Waals surface area contributed by atoms with Crippen LogP contribution in [0.1, 0.15) is 10.4 Å². The highest BCUT2D eigenvalue weighted by Gasteiger charge is 2.13. The molecule has 0 atom stereocenters. The van der Waals surface area contributed by atoms with Crippen molar-refractivity contribution >= 4 is 17.1 Å². The minimum atomic E-state index is -0.169. The van der Waals surface area contributed by atoms with Crippen molar-refractivity contribution in [2.24, 2.45) is 0 Å². The summed E-state index contributed by atoms with van der Waals surface area (Å²) in [6.45, 7) is 0. The summed E-state index contributed by atoms with van der Waals surface area (Å²) in [4.78, 5) is 24.0. The fraction of sp³-hybridized carbons (Fsp3) is 0. The SMILES string of the molecule is O=Cc1cccc(-c2nn(-c3ccccc3)c(=O)c3ccccc23)c1. The summed E-state index contributed by atoms with van der Waals surface area (Å²) < 4.78 is 1.41. The van der Waals surface area contributed by atoms with Crippen molar-refractivity contribution in [1.29, 1.82) is 0 Å². The Hall–Kier alpha value is -3.53.